The predicted molar refractivity (Wildman–Crippen MR) is 121 cm³/mol. The summed E-state index contributed by atoms with van der Waals surface area (Å²) >= 11 is 0. The molecule has 4 rings (SSSR count). The topological polar surface area (TPSA) is 138 Å². The summed E-state index contributed by atoms with van der Waals surface area (Å²) in [5.41, 5.74) is 0.844. The summed E-state index contributed by atoms with van der Waals surface area (Å²) in [6.07, 6.45) is 0. The monoisotopic (exact) mass is 444 g/mol. The summed E-state index contributed by atoms with van der Waals surface area (Å²) in [5, 5.41) is 25.5. The number of nitro benzene ring substituents is 2. The van der Waals surface area contributed by atoms with E-state index in [0.717, 1.165) is 23.8 Å². The summed E-state index contributed by atoms with van der Waals surface area (Å²) in [7, 11) is 1.54. The molecular weight excluding hydrogens is 428 g/mol. The number of rotatable bonds is 6. The van der Waals surface area contributed by atoms with E-state index in [9.17, 15) is 25.0 Å². The van der Waals surface area contributed by atoms with Crippen LogP contribution >= 0.6 is 0 Å². The molecule has 10 nitrogen and oxygen atoms in total. The summed E-state index contributed by atoms with van der Waals surface area (Å²) in [5.74, 6) is 0.00432. The highest BCUT2D eigenvalue weighted by Crippen LogP contribution is 2.31. The van der Waals surface area contributed by atoms with E-state index in [0.29, 0.717) is 22.3 Å². The van der Waals surface area contributed by atoms with E-state index in [1.807, 2.05) is 6.07 Å². The first kappa shape index (κ1) is 21.4. The van der Waals surface area contributed by atoms with Crippen molar-refractivity contribution in [1.82, 2.24) is 4.98 Å². The third-order valence-corrected chi connectivity index (χ3v) is 4.96. The number of carbonyl (C=O) groups is 1. The zero-order chi connectivity index (χ0) is 23.5. The third-order valence-electron chi connectivity index (χ3n) is 4.96. The Morgan fingerprint density at radius 3 is 2.45 bits per heavy atom. The lowest BCUT2D eigenvalue weighted by molar-refractivity contribution is -0.393. The number of ether oxygens (including phenoxy) is 1. The molecule has 0 aliphatic carbocycles. The molecule has 0 bridgehead atoms. The molecule has 10 heteroatoms. The first-order chi connectivity index (χ1) is 15.9. The van der Waals surface area contributed by atoms with Crippen LogP contribution in [0.1, 0.15) is 10.4 Å². The van der Waals surface area contributed by atoms with E-state index in [1.54, 1.807) is 55.6 Å². The van der Waals surface area contributed by atoms with Gasteiger partial charge in [0.05, 0.1) is 39.8 Å². The number of fused-ring (bicyclic) bond motifs is 1. The van der Waals surface area contributed by atoms with Crippen molar-refractivity contribution in [3.63, 3.8) is 0 Å². The van der Waals surface area contributed by atoms with Gasteiger partial charge < -0.3 is 10.1 Å². The molecule has 4 aromatic rings. The van der Waals surface area contributed by atoms with Crippen LogP contribution in [0, 0.1) is 20.2 Å². The smallest absolute Gasteiger partial charge is 0.299 e. The summed E-state index contributed by atoms with van der Waals surface area (Å²) in [6.45, 7) is 0. The summed E-state index contributed by atoms with van der Waals surface area (Å²) in [6, 6.07) is 18.8. The van der Waals surface area contributed by atoms with Crippen LogP contribution in [0.4, 0.5) is 17.1 Å². The molecule has 0 aliphatic heterocycles. The van der Waals surface area contributed by atoms with Crippen LogP contribution < -0.4 is 10.1 Å². The second-order valence-corrected chi connectivity index (χ2v) is 6.97. The molecule has 0 aliphatic rings. The van der Waals surface area contributed by atoms with Gasteiger partial charge in [-0.2, -0.15) is 0 Å². The number of anilines is 1. The second kappa shape index (κ2) is 8.71. The molecule has 33 heavy (non-hydrogen) atoms. The van der Waals surface area contributed by atoms with E-state index in [1.165, 1.54) is 0 Å². The highest BCUT2D eigenvalue weighted by Gasteiger charge is 2.22. The third kappa shape index (κ3) is 4.30. The molecule has 0 radical (unpaired) electrons. The highest BCUT2D eigenvalue weighted by atomic mass is 16.6. The Kier molecular flexibility index (Phi) is 5.64. The van der Waals surface area contributed by atoms with Crippen molar-refractivity contribution in [2.24, 2.45) is 0 Å². The largest absolute Gasteiger partial charge is 0.497 e. The van der Waals surface area contributed by atoms with E-state index in [2.05, 4.69) is 10.3 Å². The summed E-state index contributed by atoms with van der Waals surface area (Å²) in [4.78, 5) is 38.7. The minimum Gasteiger partial charge on any atom is -0.497 e. The van der Waals surface area contributed by atoms with Crippen LogP contribution in [0.25, 0.3) is 22.2 Å². The number of non-ortho nitro benzene ring substituents is 1. The van der Waals surface area contributed by atoms with E-state index in [4.69, 9.17) is 4.74 Å². The van der Waals surface area contributed by atoms with Crippen LogP contribution in [0.5, 0.6) is 5.75 Å². The second-order valence-electron chi connectivity index (χ2n) is 6.97. The maximum atomic E-state index is 13.2. The van der Waals surface area contributed by atoms with Crippen LogP contribution in [0.2, 0.25) is 0 Å². The molecule has 0 spiro atoms. The fourth-order valence-corrected chi connectivity index (χ4v) is 3.37. The Balaban J connectivity index is 1.80. The van der Waals surface area contributed by atoms with Crippen molar-refractivity contribution in [1.29, 1.82) is 0 Å². The van der Waals surface area contributed by atoms with E-state index >= 15 is 0 Å². The molecule has 0 unspecified atom stereocenters. The SMILES string of the molecule is COc1cccc(-c2cc(C(=O)Nc3ccc([N+](=O)[O-])cc3[N+](=O)[O-])c3ccccc3n2)c1. The molecule has 0 saturated heterocycles. The van der Waals surface area contributed by atoms with Crippen molar-refractivity contribution in [2.75, 3.05) is 12.4 Å². The summed E-state index contributed by atoms with van der Waals surface area (Å²) < 4.78 is 5.26. The van der Waals surface area contributed by atoms with Gasteiger partial charge in [0.1, 0.15) is 11.4 Å². The first-order valence-electron chi connectivity index (χ1n) is 9.66. The molecular formula is C23H16N4O6. The quantitative estimate of drug-likeness (QED) is 0.327. The van der Waals surface area contributed by atoms with Gasteiger partial charge >= 0.3 is 0 Å². The number of pyridine rings is 1. The number of amides is 1. The van der Waals surface area contributed by atoms with Crippen LogP contribution in [-0.4, -0.2) is 27.8 Å². The normalized spacial score (nSPS) is 10.6. The number of para-hydroxylation sites is 1. The Hall–Kier alpha value is -4.86. The van der Waals surface area contributed by atoms with Crippen molar-refractivity contribution < 1.29 is 19.4 Å². The molecule has 164 valence electrons. The van der Waals surface area contributed by atoms with Gasteiger partial charge in [-0.25, -0.2) is 4.98 Å². The van der Waals surface area contributed by atoms with Gasteiger partial charge in [0.2, 0.25) is 0 Å². The van der Waals surface area contributed by atoms with Crippen LogP contribution in [0.3, 0.4) is 0 Å². The lowest BCUT2D eigenvalue weighted by atomic mass is 10.0. The van der Waals surface area contributed by atoms with Gasteiger partial charge in [0.15, 0.2) is 0 Å². The Labute approximate surface area is 186 Å². The average molecular weight is 444 g/mol. The minimum absolute atomic E-state index is 0.153. The van der Waals surface area contributed by atoms with Crippen molar-refractivity contribution >= 4 is 33.9 Å². The van der Waals surface area contributed by atoms with Gasteiger partial charge in [0.25, 0.3) is 17.3 Å². The van der Waals surface area contributed by atoms with Gasteiger partial charge in [-0.15, -0.1) is 0 Å². The van der Waals surface area contributed by atoms with Gasteiger partial charge in [-0.3, -0.25) is 25.0 Å². The van der Waals surface area contributed by atoms with Gasteiger partial charge in [-0.05, 0) is 30.3 Å². The van der Waals surface area contributed by atoms with Crippen LogP contribution in [-0.2, 0) is 0 Å². The molecule has 1 heterocycles. The van der Waals surface area contributed by atoms with Crippen molar-refractivity contribution in [3.05, 3.63) is 98.6 Å². The lowest BCUT2D eigenvalue weighted by Gasteiger charge is -2.11. The minimum atomic E-state index is -0.783. The Morgan fingerprint density at radius 2 is 1.73 bits per heavy atom. The number of hydrogen-bond donors (Lipinski definition) is 1. The maximum absolute atomic E-state index is 13.2. The standard InChI is InChI=1S/C23H16N4O6/c1-33-16-6-4-5-14(11-16)21-13-18(17-7-2-3-8-19(17)24-21)23(28)25-20-10-9-15(26(29)30)12-22(20)27(31)32/h2-13H,1H3,(H,25,28). The predicted octanol–water partition coefficient (Wildman–Crippen LogP) is 4.98. The fraction of sp³-hybridized carbons (Fsp3) is 0.0435. The van der Waals surface area contributed by atoms with E-state index in [-0.39, 0.29) is 11.3 Å². The number of nitrogens with zero attached hydrogens (tertiary/aromatic N) is 3. The number of hydrogen-bond acceptors (Lipinski definition) is 7. The number of nitrogens with one attached hydrogen (secondary N) is 1. The Bertz CT molecular complexity index is 1420. The zero-order valence-electron chi connectivity index (χ0n) is 17.2. The molecule has 3 aromatic carbocycles. The molecule has 1 aromatic heterocycles. The maximum Gasteiger partial charge on any atom is 0.299 e. The number of nitro groups is 2. The van der Waals surface area contributed by atoms with Gasteiger partial charge in [0, 0.05) is 17.0 Å². The Morgan fingerprint density at radius 1 is 0.939 bits per heavy atom. The molecule has 0 saturated carbocycles. The molecule has 0 atom stereocenters. The lowest BCUT2D eigenvalue weighted by Crippen LogP contribution is -2.14. The van der Waals surface area contributed by atoms with Gasteiger partial charge in [-0.1, -0.05) is 30.3 Å². The number of aromatic nitrogens is 1. The van der Waals surface area contributed by atoms with Crippen molar-refractivity contribution in [3.8, 4) is 17.0 Å². The van der Waals surface area contributed by atoms with Crippen molar-refractivity contribution in [2.45, 2.75) is 0 Å². The number of methoxy groups -OCH3 is 1. The molecule has 1 amide bonds. The average Bonchev–Trinajstić information content (AvgIpc) is 2.83. The molecule has 0 fully saturated rings. The highest BCUT2D eigenvalue weighted by molar-refractivity contribution is 6.13. The fourth-order valence-electron chi connectivity index (χ4n) is 3.37. The molecule has 1 N–H and O–H groups in total. The number of carbonyl (C=O) groups excluding carboxylic acids is 1. The number of benzene rings is 3. The van der Waals surface area contributed by atoms with Crippen LogP contribution in [0.15, 0.2) is 72.8 Å². The first-order valence-corrected chi connectivity index (χ1v) is 9.66. The zero-order valence-corrected chi connectivity index (χ0v) is 17.2. The van der Waals surface area contributed by atoms with E-state index < -0.39 is 27.1 Å².